The summed E-state index contributed by atoms with van der Waals surface area (Å²) in [4.78, 5) is 26.2. The molecule has 1 aliphatic rings. The Labute approximate surface area is 168 Å². The number of hydrogen-bond acceptors (Lipinski definition) is 7. The van der Waals surface area contributed by atoms with Crippen LogP contribution < -0.4 is 10.1 Å². The molecule has 1 aromatic heterocycles. The monoisotopic (exact) mass is 400 g/mol. The van der Waals surface area contributed by atoms with Crippen molar-refractivity contribution in [2.75, 3.05) is 32.1 Å². The van der Waals surface area contributed by atoms with Crippen LogP contribution in [0.3, 0.4) is 0 Å². The second-order valence-electron chi connectivity index (χ2n) is 6.34. The molecule has 0 atom stereocenters. The maximum absolute atomic E-state index is 12.7. The lowest BCUT2D eigenvalue weighted by Gasteiger charge is -2.16. The largest absolute Gasteiger partial charge is 0.485 e. The van der Waals surface area contributed by atoms with E-state index < -0.39 is 5.97 Å². The molecule has 1 aliphatic heterocycles. The molecule has 0 saturated heterocycles. The van der Waals surface area contributed by atoms with E-state index >= 15 is 0 Å². The molecule has 0 bridgehead atoms. The van der Waals surface area contributed by atoms with Crippen LogP contribution in [0.2, 0.25) is 0 Å². The predicted octanol–water partition coefficient (Wildman–Crippen LogP) is 1.16. The van der Waals surface area contributed by atoms with Crippen LogP contribution in [0.25, 0.3) is 0 Å². The van der Waals surface area contributed by atoms with Gasteiger partial charge in [-0.3, -0.25) is 9.48 Å². The number of ether oxygens (including phenoxy) is 2. The molecule has 0 unspecified atom stereocenters. The highest BCUT2D eigenvalue weighted by atomic mass is 16.5. The van der Waals surface area contributed by atoms with Gasteiger partial charge in [-0.05, 0) is 25.1 Å². The lowest BCUT2D eigenvalue weighted by atomic mass is 10.2. The zero-order valence-corrected chi connectivity index (χ0v) is 16.4. The number of esters is 1. The van der Waals surface area contributed by atoms with E-state index in [-0.39, 0.29) is 36.9 Å². The van der Waals surface area contributed by atoms with Crippen molar-refractivity contribution in [3.05, 3.63) is 53.5 Å². The van der Waals surface area contributed by atoms with E-state index in [0.29, 0.717) is 18.0 Å². The summed E-state index contributed by atoms with van der Waals surface area (Å²) in [7, 11) is 1.26. The second-order valence-corrected chi connectivity index (χ2v) is 6.34. The zero-order valence-electron chi connectivity index (χ0n) is 16.4. The molecule has 0 saturated carbocycles. The first kappa shape index (κ1) is 20.4. The van der Waals surface area contributed by atoms with Crippen molar-refractivity contribution < 1.29 is 24.2 Å². The molecule has 0 fully saturated rings. The van der Waals surface area contributed by atoms with Gasteiger partial charge in [-0.2, -0.15) is 5.10 Å². The highest BCUT2D eigenvalue weighted by molar-refractivity contribution is 6.08. The number of amides is 1. The lowest BCUT2D eigenvalue weighted by Crippen LogP contribution is -2.31. The molecule has 0 spiro atoms. The predicted molar refractivity (Wildman–Crippen MR) is 105 cm³/mol. The normalized spacial score (nSPS) is 13.8. The smallest absolute Gasteiger partial charge is 0.337 e. The lowest BCUT2D eigenvalue weighted by molar-refractivity contribution is -0.136. The van der Waals surface area contributed by atoms with E-state index in [0.717, 1.165) is 12.2 Å². The molecule has 2 heterocycles. The van der Waals surface area contributed by atoms with Gasteiger partial charge in [0.1, 0.15) is 18.1 Å². The van der Waals surface area contributed by atoms with Gasteiger partial charge in [0.25, 0.3) is 5.91 Å². The SMILES string of the molecule is CCn1nccc1COc1ccccc1NC1=C(C(=O)OC)CN(CCO)C1=O. The minimum Gasteiger partial charge on any atom is -0.485 e. The number of aromatic nitrogens is 2. The van der Waals surface area contributed by atoms with E-state index in [9.17, 15) is 14.7 Å². The fourth-order valence-corrected chi connectivity index (χ4v) is 3.10. The van der Waals surface area contributed by atoms with Crippen molar-refractivity contribution in [1.29, 1.82) is 0 Å². The van der Waals surface area contributed by atoms with Gasteiger partial charge in [0.15, 0.2) is 0 Å². The fourth-order valence-electron chi connectivity index (χ4n) is 3.10. The van der Waals surface area contributed by atoms with Crippen molar-refractivity contribution in [2.45, 2.75) is 20.1 Å². The van der Waals surface area contributed by atoms with E-state index in [1.54, 1.807) is 24.4 Å². The van der Waals surface area contributed by atoms with Crippen LogP contribution in [0.5, 0.6) is 5.75 Å². The van der Waals surface area contributed by atoms with Crippen molar-refractivity contribution in [3.8, 4) is 5.75 Å². The first-order valence-electron chi connectivity index (χ1n) is 9.30. The van der Waals surface area contributed by atoms with Crippen molar-refractivity contribution in [3.63, 3.8) is 0 Å². The number of para-hydroxylation sites is 2. The number of nitrogens with zero attached hydrogens (tertiary/aromatic N) is 3. The molecule has 0 radical (unpaired) electrons. The summed E-state index contributed by atoms with van der Waals surface area (Å²) in [5.41, 5.74) is 1.80. The average molecular weight is 400 g/mol. The minimum absolute atomic E-state index is 0.0765. The van der Waals surface area contributed by atoms with Gasteiger partial charge in [0.2, 0.25) is 0 Å². The maximum atomic E-state index is 12.7. The first-order valence-corrected chi connectivity index (χ1v) is 9.30. The molecule has 0 aliphatic carbocycles. The quantitative estimate of drug-likeness (QED) is 0.609. The topological polar surface area (TPSA) is 106 Å². The Morgan fingerprint density at radius 1 is 1.31 bits per heavy atom. The summed E-state index contributed by atoms with van der Waals surface area (Å²) in [6, 6.07) is 9.04. The van der Waals surface area contributed by atoms with E-state index in [1.165, 1.54) is 12.0 Å². The number of β-amino-alcohol motifs (C(OH)–C–C–N with tert-alkyl or cyclic N) is 1. The summed E-state index contributed by atoms with van der Waals surface area (Å²) in [5, 5.41) is 16.4. The summed E-state index contributed by atoms with van der Waals surface area (Å²) in [6.45, 7) is 3.04. The Morgan fingerprint density at radius 2 is 2.10 bits per heavy atom. The number of aliphatic hydroxyl groups is 1. The number of benzene rings is 1. The van der Waals surface area contributed by atoms with Gasteiger partial charge in [0.05, 0.1) is 37.2 Å². The second kappa shape index (κ2) is 9.24. The van der Waals surface area contributed by atoms with Crippen molar-refractivity contribution in [1.82, 2.24) is 14.7 Å². The third kappa shape index (κ3) is 4.40. The number of carbonyl (C=O) groups excluding carboxylic acids is 2. The summed E-state index contributed by atoms with van der Waals surface area (Å²) < 4.78 is 12.6. The van der Waals surface area contributed by atoms with Crippen molar-refractivity contribution in [2.24, 2.45) is 0 Å². The standard InChI is InChI=1S/C20H24N4O5/c1-3-24-14(8-9-21-24)13-29-17-7-5-4-6-16(17)22-18-15(20(27)28-2)12-23(10-11-25)19(18)26/h4-9,22,25H,3,10-13H2,1-2H3. The number of nitrogens with one attached hydrogen (secondary N) is 1. The summed E-state index contributed by atoms with van der Waals surface area (Å²) in [5.74, 6) is -0.439. The van der Waals surface area contributed by atoms with Crippen molar-refractivity contribution >= 4 is 17.6 Å². The zero-order chi connectivity index (χ0) is 20.8. The Morgan fingerprint density at radius 3 is 2.83 bits per heavy atom. The van der Waals surface area contributed by atoms with Gasteiger partial charge in [0, 0.05) is 19.3 Å². The van der Waals surface area contributed by atoms with Gasteiger partial charge >= 0.3 is 5.97 Å². The summed E-state index contributed by atoms with van der Waals surface area (Å²) >= 11 is 0. The third-order valence-corrected chi connectivity index (χ3v) is 4.58. The van der Waals surface area contributed by atoms with Crippen LogP contribution in [-0.2, 0) is 27.5 Å². The van der Waals surface area contributed by atoms with Gasteiger partial charge in [-0.25, -0.2) is 4.79 Å². The van der Waals surface area contributed by atoms with E-state index in [1.807, 2.05) is 23.7 Å². The van der Waals surface area contributed by atoms with Crippen LogP contribution >= 0.6 is 0 Å². The molecule has 29 heavy (non-hydrogen) atoms. The number of aryl methyl sites for hydroxylation is 1. The number of rotatable bonds is 9. The molecule has 9 heteroatoms. The van der Waals surface area contributed by atoms with Gasteiger partial charge < -0.3 is 24.8 Å². The van der Waals surface area contributed by atoms with Crippen LogP contribution in [0, 0.1) is 0 Å². The molecule has 1 amide bonds. The van der Waals surface area contributed by atoms with Crippen LogP contribution in [0.1, 0.15) is 12.6 Å². The van der Waals surface area contributed by atoms with Gasteiger partial charge in [-0.1, -0.05) is 12.1 Å². The Kier molecular flexibility index (Phi) is 6.50. The number of aliphatic hydroxyl groups excluding tert-OH is 1. The Balaban J connectivity index is 1.83. The highest BCUT2D eigenvalue weighted by Crippen LogP contribution is 2.29. The Hall–Kier alpha value is -3.33. The molecule has 2 aromatic rings. The van der Waals surface area contributed by atoms with E-state index in [2.05, 4.69) is 10.4 Å². The third-order valence-electron chi connectivity index (χ3n) is 4.58. The molecular weight excluding hydrogens is 376 g/mol. The Bertz CT molecular complexity index is 921. The fraction of sp³-hybridized carbons (Fsp3) is 0.350. The number of anilines is 1. The van der Waals surface area contributed by atoms with Crippen LogP contribution in [0.15, 0.2) is 47.8 Å². The maximum Gasteiger partial charge on any atom is 0.337 e. The van der Waals surface area contributed by atoms with Crippen LogP contribution in [0.4, 0.5) is 5.69 Å². The molecule has 1 aromatic carbocycles. The summed E-state index contributed by atoms with van der Waals surface area (Å²) in [6.07, 6.45) is 1.72. The van der Waals surface area contributed by atoms with Gasteiger partial charge in [-0.15, -0.1) is 0 Å². The minimum atomic E-state index is -0.591. The molecule has 3 rings (SSSR count). The number of methoxy groups -OCH3 is 1. The number of carbonyl (C=O) groups is 2. The molecular formula is C20H24N4O5. The molecule has 9 nitrogen and oxygen atoms in total. The average Bonchev–Trinajstić information content (AvgIpc) is 3.32. The molecule has 154 valence electrons. The van der Waals surface area contributed by atoms with Crippen LogP contribution in [-0.4, -0.2) is 58.5 Å². The molecule has 2 N–H and O–H groups in total. The highest BCUT2D eigenvalue weighted by Gasteiger charge is 2.34. The number of hydrogen-bond donors (Lipinski definition) is 2. The first-order chi connectivity index (χ1) is 14.1. The van der Waals surface area contributed by atoms with E-state index in [4.69, 9.17) is 9.47 Å².